The Morgan fingerprint density at radius 3 is 3.00 bits per heavy atom. The molecular weight excluding hydrogens is 260 g/mol. The summed E-state index contributed by atoms with van der Waals surface area (Å²) in [6.07, 6.45) is 3.12. The summed E-state index contributed by atoms with van der Waals surface area (Å²) in [6.45, 7) is 3.28. The zero-order valence-electron chi connectivity index (χ0n) is 11.6. The molecule has 106 valence electrons. The third kappa shape index (κ3) is 3.92. The van der Waals surface area contributed by atoms with Gasteiger partial charge in [-0.15, -0.1) is 11.8 Å². The van der Waals surface area contributed by atoms with E-state index < -0.39 is 0 Å². The van der Waals surface area contributed by atoms with Crippen LogP contribution in [0.1, 0.15) is 23.6 Å². The van der Waals surface area contributed by atoms with E-state index in [0.717, 1.165) is 36.9 Å². The van der Waals surface area contributed by atoms with Gasteiger partial charge in [-0.05, 0) is 31.4 Å². The standard InChI is InChI=1S/C14H22N2O2S/c1-16(6-7-17)9-13-12(11-5-8-18-10-11)3-4-14(15-13)19-2/h3-4,11,17H,5-10H2,1-2H3/t11-/m0/s1. The fourth-order valence-corrected chi connectivity index (χ4v) is 2.79. The Kier molecular flexibility index (Phi) is 5.63. The second-order valence-electron chi connectivity index (χ2n) is 4.91. The van der Waals surface area contributed by atoms with E-state index in [-0.39, 0.29) is 6.61 Å². The van der Waals surface area contributed by atoms with Crippen molar-refractivity contribution in [3.8, 4) is 0 Å². The summed E-state index contributed by atoms with van der Waals surface area (Å²) >= 11 is 1.66. The summed E-state index contributed by atoms with van der Waals surface area (Å²) in [6, 6.07) is 4.29. The molecule has 0 unspecified atom stereocenters. The normalized spacial score (nSPS) is 19.3. The monoisotopic (exact) mass is 282 g/mol. The van der Waals surface area contributed by atoms with Crippen LogP contribution < -0.4 is 0 Å². The molecule has 5 heteroatoms. The average Bonchev–Trinajstić information content (AvgIpc) is 2.92. The fourth-order valence-electron chi connectivity index (χ4n) is 2.39. The van der Waals surface area contributed by atoms with E-state index in [1.165, 1.54) is 5.56 Å². The fraction of sp³-hybridized carbons (Fsp3) is 0.643. The number of aromatic nitrogens is 1. The number of likely N-dealkylation sites (N-methyl/N-ethyl adjacent to an activating group) is 1. The molecule has 4 nitrogen and oxygen atoms in total. The maximum atomic E-state index is 9.01. The minimum absolute atomic E-state index is 0.181. The minimum Gasteiger partial charge on any atom is -0.395 e. The van der Waals surface area contributed by atoms with Gasteiger partial charge in [-0.25, -0.2) is 4.98 Å². The Hall–Kier alpha value is -0.620. The Bertz CT molecular complexity index is 408. The molecule has 1 aliphatic heterocycles. The molecule has 0 saturated carbocycles. The third-order valence-electron chi connectivity index (χ3n) is 3.46. The smallest absolute Gasteiger partial charge is 0.0961 e. The van der Waals surface area contributed by atoms with Crippen LogP contribution in [0.3, 0.4) is 0 Å². The molecule has 1 atom stereocenters. The van der Waals surface area contributed by atoms with Crippen LogP contribution in [0.25, 0.3) is 0 Å². The first-order valence-corrected chi connectivity index (χ1v) is 7.88. The SMILES string of the molecule is CSc1ccc([C@H]2CCOC2)c(CN(C)CCO)n1. The van der Waals surface area contributed by atoms with Crippen LogP contribution in [-0.4, -0.2) is 54.7 Å². The van der Waals surface area contributed by atoms with Crippen molar-refractivity contribution in [2.24, 2.45) is 0 Å². The molecule has 1 aromatic heterocycles. The number of ether oxygens (including phenoxy) is 1. The zero-order chi connectivity index (χ0) is 13.7. The summed E-state index contributed by atoms with van der Waals surface area (Å²) in [5.74, 6) is 0.473. The lowest BCUT2D eigenvalue weighted by Crippen LogP contribution is -2.23. The number of thioether (sulfide) groups is 1. The van der Waals surface area contributed by atoms with E-state index in [4.69, 9.17) is 14.8 Å². The van der Waals surface area contributed by atoms with Gasteiger partial charge in [0.1, 0.15) is 0 Å². The maximum absolute atomic E-state index is 9.01. The molecule has 1 saturated heterocycles. The van der Waals surface area contributed by atoms with Gasteiger partial charge < -0.3 is 9.84 Å². The van der Waals surface area contributed by atoms with Crippen molar-refractivity contribution in [2.45, 2.75) is 23.9 Å². The molecule has 1 fully saturated rings. The number of aliphatic hydroxyl groups excluding tert-OH is 1. The molecule has 0 aromatic carbocycles. The predicted octanol–water partition coefficient (Wildman–Crippen LogP) is 1.73. The Balaban J connectivity index is 2.20. The summed E-state index contributed by atoms with van der Waals surface area (Å²) < 4.78 is 5.49. The van der Waals surface area contributed by atoms with Gasteiger partial charge in [-0.1, -0.05) is 6.07 Å². The van der Waals surface area contributed by atoms with Gasteiger partial charge >= 0.3 is 0 Å². The minimum atomic E-state index is 0.181. The molecule has 1 N–H and O–H groups in total. The molecular formula is C14H22N2O2S. The van der Waals surface area contributed by atoms with E-state index in [1.54, 1.807) is 11.8 Å². The van der Waals surface area contributed by atoms with E-state index in [1.807, 2.05) is 13.3 Å². The van der Waals surface area contributed by atoms with Gasteiger partial charge in [-0.2, -0.15) is 0 Å². The van der Waals surface area contributed by atoms with Crippen molar-refractivity contribution < 1.29 is 9.84 Å². The van der Waals surface area contributed by atoms with E-state index >= 15 is 0 Å². The zero-order valence-corrected chi connectivity index (χ0v) is 12.4. The van der Waals surface area contributed by atoms with Gasteiger partial charge in [0, 0.05) is 25.6 Å². The Morgan fingerprint density at radius 1 is 1.53 bits per heavy atom. The second-order valence-corrected chi connectivity index (χ2v) is 5.74. The highest BCUT2D eigenvalue weighted by Crippen LogP contribution is 2.29. The lowest BCUT2D eigenvalue weighted by atomic mass is 9.97. The van der Waals surface area contributed by atoms with Crippen molar-refractivity contribution in [3.05, 3.63) is 23.4 Å². The molecule has 1 aliphatic rings. The third-order valence-corrected chi connectivity index (χ3v) is 4.11. The summed E-state index contributed by atoms with van der Waals surface area (Å²) in [5, 5.41) is 10.1. The van der Waals surface area contributed by atoms with Crippen LogP contribution in [0.5, 0.6) is 0 Å². The van der Waals surface area contributed by atoms with Crippen molar-refractivity contribution in [1.29, 1.82) is 0 Å². The van der Waals surface area contributed by atoms with Crippen LogP contribution in [-0.2, 0) is 11.3 Å². The molecule has 0 spiro atoms. The van der Waals surface area contributed by atoms with Crippen molar-refractivity contribution >= 4 is 11.8 Å². The van der Waals surface area contributed by atoms with Gasteiger partial charge in [0.05, 0.1) is 23.9 Å². The lowest BCUT2D eigenvalue weighted by molar-refractivity contribution is 0.193. The highest BCUT2D eigenvalue weighted by Gasteiger charge is 2.22. The number of aliphatic hydroxyl groups is 1. The van der Waals surface area contributed by atoms with Crippen LogP contribution in [0.4, 0.5) is 0 Å². The predicted molar refractivity (Wildman–Crippen MR) is 77.6 cm³/mol. The van der Waals surface area contributed by atoms with Crippen LogP contribution in [0.2, 0.25) is 0 Å². The molecule has 0 radical (unpaired) electrons. The van der Waals surface area contributed by atoms with Crippen molar-refractivity contribution in [3.63, 3.8) is 0 Å². The average molecular weight is 282 g/mol. The number of nitrogens with zero attached hydrogens (tertiary/aromatic N) is 2. The van der Waals surface area contributed by atoms with E-state index in [0.29, 0.717) is 12.5 Å². The highest BCUT2D eigenvalue weighted by atomic mass is 32.2. The summed E-state index contributed by atoms with van der Waals surface area (Å²) in [5.41, 5.74) is 2.43. The Morgan fingerprint density at radius 2 is 2.37 bits per heavy atom. The molecule has 0 amide bonds. The first kappa shape index (κ1) is 14.8. The van der Waals surface area contributed by atoms with Crippen LogP contribution >= 0.6 is 11.8 Å². The van der Waals surface area contributed by atoms with Gasteiger partial charge in [0.2, 0.25) is 0 Å². The molecule has 2 heterocycles. The molecule has 1 aromatic rings. The second kappa shape index (κ2) is 7.24. The van der Waals surface area contributed by atoms with Gasteiger partial charge in [0.15, 0.2) is 0 Å². The molecule has 0 bridgehead atoms. The van der Waals surface area contributed by atoms with Gasteiger partial charge in [0.25, 0.3) is 0 Å². The molecule has 2 rings (SSSR count). The van der Waals surface area contributed by atoms with Gasteiger partial charge in [-0.3, -0.25) is 4.90 Å². The van der Waals surface area contributed by atoms with E-state index in [9.17, 15) is 0 Å². The quantitative estimate of drug-likeness (QED) is 0.805. The number of hydrogen-bond donors (Lipinski definition) is 1. The Labute approximate surface area is 119 Å². The number of hydrogen-bond acceptors (Lipinski definition) is 5. The summed E-state index contributed by atoms with van der Waals surface area (Å²) in [4.78, 5) is 6.85. The number of rotatable bonds is 6. The summed E-state index contributed by atoms with van der Waals surface area (Å²) in [7, 11) is 2.01. The lowest BCUT2D eigenvalue weighted by Gasteiger charge is -2.19. The first-order chi connectivity index (χ1) is 9.24. The topological polar surface area (TPSA) is 45.6 Å². The van der Waals surface area contributed by atoms with Crippen molar-refractivity contribution in [1.82, 2.24) is 9.88 Å². The van der Waals surface area contributed by atoms with Crippen LogP contribution in [0.15, 0.2) is 17.2 Å². The molecule has 0 aliphatic carbocycles. The number of pyridine rings is 1. The van der Waals surface area contributed by atoms with E-state index in [2.05, 4.69) is 17.0 Å². The highest BCUT2D eigenvalue weighted by molar-refractivity contribution is 7.98. The largest absolute Gasteiger partial charge is 0.395 e. The van der Waals surface area contributed by atoms with Crippen molar-refractivity contribution in [2.75, 3.05) is 39.7 Å². The first-order valence-electron chi connectivity index (χ1n) is 6.65. The maximum Gasteiger partial charge on any atom is 0.0961 e. The molecule has 19 heavy (non-hydrogen) atoms. The van der Waals surface area contributed by atoms with Crippen LogP contribution in [0, 0.1) is 0 Å².